The molecule has 1 saturated carbocycles. The molecule has 6 heteroatoms. The molecule has 0 radical (unpaired) electrons. The number of nitrogens with zero attached hydrogens (tertiary/aromatic N) is 1. The van der Waals surface area contributed by atoms with Crippen LogP contribution in [0.4, 0.5) is 0 Å². The van der Waals surface area contributed by atoms with E-state index in [4.69, 9.17) is 11.6 Å². The Hall–Kier alpha value is -0.100. The fraction of sp³-hybridized carbons (Fsp3) is 0.692. The van der Waals surface area contributed by atoms with Gasteiger partial charge in [-0.05, 0) is 51.2 Å². The average molecular weight is 322 g/mol. The third-order valence-electron chi connectivity index (χ3n) is 3.25. The first-order chi connectivity index (χ1) is 8.95. The molecule has 0 unspecified atom stereocenters. The van der Waals surface area contributed by atoms with Crippen molar-refractivity contribution in [1.82, 2.24) is 4.31 Å². The molecular weight excluding hydrogens is 302 g/mol. The van der Waals surface area contributed by atoms with Crippen molar-refractivity contribution in [3.05, 3.63) is 17.0 Å². The van der Waals surface area contributed by atoms with Gasteiger partial charge in [0.25, 0.3) is 10.0 Å². The second-order valence-corrected chi connectivity index (χ2v) is 8.94. The minimum atomic E-state index is -3.34. The highest BCUT2D eigenvalue weighted by Gasteiger charge is 2.34. The molecule has 19 heavy (non-hydrogen) atoms. The summed E-state index contributed by atoms with van der Waals surface area (Å²) in [4.78, 5) is 1.03. The maximum absolute atomic E-state index is 12.7. The van der Waals surface area contributed by atoms with Crippen LogP contribution in [0.5, 0.6) is 0 Å². The number of sulfonamides is 1. The summed E-state index contributed by atoms with van der Waals surface area (Å²) in [5.74, 6) is 1.08. The Morgan fingerprint density at radius 3 is 2.63 bits per heavy atom. The lowest BCUT2D eigenvalue weighted by Gasteiger charge is -2.25. The van der Waals surface area contributed by atoms with E-state index in [1.54, 1.807) is 10.4 Å². The van der Waals surface area contributed by atoms with E-state index in [2.05, 4.69) is 0 Å². The molecule has 1 aliphatic rings. The smallest absolute Gasteiger partial charge is 0.206 e. The predicted molar refractivity (Wildman–Crippen MR) is 80.5 cm³/mol. The van der Waals surface area contributed by atoms with Crippen molar-refractivity contribution in [3.8, 4) is 0 Å². The Morgan fingerprint density at radius 2 is 2.11 bits per heavy atom. The van der Waals surface area contributed by atoms with E-state index in [0.717, 1.165) is 24.1 Å². The molecule has 0 N–H and O–H groups in total. The van der Waals surface area contributed by atoms with E-state index in [-0.39, 0.29) is 6.04 Å². The molecule has 0 spiro atoms. The summed E-state index contributed by atoms with van der Waals surface area (Å²) >= 11 is 7.04. The first kappa shape index (κ1) is 15.3. The molecule has 0 amide bonds. The lowest BCUT2D eigenvalue weighted by molar-refractivity contribution is 0.342. The molecular formula is C13H20ClNO2S2. The Balaban J connectivity index is 2.21. The number of hydrogen-bond acceptors (Lipinski definition) is 3. The first-order valence-corrected chi connectivity index (χ1v) is 9.40. The lowest BCUT2D eigenvalue weighted by Crippen LogP contribution is -2.38. The molecule has 2 rings (SSSR count). The molecule has 1 fully saturated rings. The highest BCUT2D eigenvalue weighted by molar-refractivity contribution is 7.91. The van der Waals surface area contributed by atoms with Crippen LogP contribution in [0.25, 0.3) is 0 Å². The third kappa shape index (κ3) is 3.72. The Bertz CT molecular complexity index is 521. The van der Waals surface area contributed by atoms with Gasteiger partial charge in [0.1, 0.15) is 4.21 Å². The van der Waals surface area contributed by atoms with Gasteiger partial charge in [0.15, 0.2) is 0 Å². The fourth-order valence-electron chi connectivity index (χ4n) is 1.98. The van der Waals surface area contributed by atoms with Crippen molar-refractivity contribution in [3.63, 3.8) is 0 Å². The van der Waals surface area contributed by atoms with Gasteiger partial charge in [-0.3, -0.25) is 0 Å². The zero-order valence-electron chi connectivity index (χ0n) is 11.3. The zero-order valence-corrected chi connectivity index (χ0v) is 13.7. The van der Waals surface area contributed by atoms with E-state index >= 15 is 0 Å². The standard InChI is InChI=1S/C13H20ClNO2S2/c1-10(2)15(9-11-3-4-11)19(16,17)13-6-5-12(18-13)7-8-14/h5-6,10-11H,3-4,7-9H2,1-2H3. The number of rotatable bonds is 7. The van der Waals surface area contributed by atoms with Gasteiger partial charge in [0.05, 0.1) is 0 Å². The summed E-state index contributed by atoms with van der Waals surface area (Å²) in [6.07, 6.45) is 3.04. The lowest BCUT2D eigenvalue weighted by atomic mass is 10.3. The van der Waals surface area contributed by atoms with Gasteiger partial charge in [0.2, 0.25) is 0 Å². The molecule has 0 aliphatic heterocycles. The molecule has 108 valence electrons. The maximum Gasteiger partial charge on any atom is 0.252 e. The van der Waals surface area contributed by atoms with E-state index in [9.17, 15) is 8.42 Å². The number of alkyl halides is 1. The van der Waals surface area contributed by atoms with Crippen LogP contribution in [0.1, 0.15) is 31.6 Å². The molecule has 3 nitrogen and oxygen atoms in total. The maximum atomic E-state index is 12.7. The van der Waals surface area contributed by atoms with Crippen LogP contribution < -0.4 is 0 Å². The van der Waals surface area contributed by atoms with E-state index in [0.29, 0.717) is 22.6 Å². The van der Waals surface area contributed by atoms with E-state index in [1.165, 1.54) is 11.3 Å². The number of hydrogen-bond donors (Lipinski definition) is 0. The quantitative estimate of drug-likeness (QED) is 0.722. The fourth-order valence-corrected chi connectivity index (χ4v) is 5.49. The van der Waals surface area contributed by atoms with Crippen LogP contribution in [0.2, 0.25) is 0 Å². The van der Waals surface area contributed by atoms with Crippen molar-refractivity contribution < 1.29 is 8.42 Å². The van der Waals surface area contributed by atoms with Gasteiger partial charge in [-0.15, -0.1) is 22.9 Å². The van der Waals surface area contributed by atoms with Gasteiger partial charge in [-0.25, -0.2) is 8.42 Å². The highest BCUT2D eigenvalue weighted by Crippen LogP contribution is 2.34. The molecule has 1 aliphatic carbocycles. The van der Waals surface area contributed by atoms with Crippen molar-refractivity contribution in [2.45, 2.75) is 43.4 Å². The summed E-state index contributed by atoms with van der Waals surface area (Å²) in [7, 11) is -3.34. The number of halogens is 1. The molecule has 1 heterocycles. The van der Waals surface area contributed by atoms with Gasteiger partial charge in [-0.1, -0.05) is 0 Å². The monoisotopic (exact) mass is 321 g/mol. The SMILES string of the molecule is CC(C)N(CC1CC1)S(=O)(=O)c1ccc(CCCl)s1. The topological polar surface area (TPSA) is 37.4 Å². The number of aryl methyl sites for hydroxylation is 1. The Labute approximate surface area is 124 Å². The van der Waals surface area contributed by atoms with Gasteiger partial charge >= 0.3 is 0 Å². The summed E-state index contributed by atoms with van der Waals surface area (Å²) in [5.41, 5.74) is 0. The molecule has 0 atom stereocenters. The van der Waals surface area contributed by atoms with Crippen LogP contribution >= 0.6 is 22.9 Å². The van der Waals surface area contributed by atoms with Crippen molar-refractivity contribution in [1.29, 1.82) is 0 Å². The van der Waals surface area contributed by atoms with Gasteiger partial charge in [0, 0.05) is 23.3 Å². The van der Waals surface area contributed by atoms with Crippen molar-refractivity contribution in [2.75, 3.05) is 12.4 Å². The Kier molecular flexibility index (Phi) is 4.93. The van der Waals surface area contributed by atoms with Crippen LogP contribution in [0, 0.1) is 5.92 Å². The molecule has 1 aromatic heterocycles. The van der Waals surface area contributed by atoms with E-state index < -0.39 is 10.0 Å². The minimum absolute atomic E-state index is 0.00387. The van der Waals surface area contributed by atoms with Gasteiger partial charge in [-0.2, -0.15) is 4.31 Å². The minimum Gasteiger partial charge on any atom is -0.206 e. The van der Waals surface area contributed by atoms with Gasteiger partial charge < -0.3 is 0 Å². The second-order valence-electron chi connectivity index (χ2n) is 5.27. The molecule has 1 aromatic rings. The third-order valence-corrected chi connectivity index (χ3v) is 7.10. The van der Waals surface area contributed by atoms with Crippen LogP contribution in [0.15, 0.2) is 16.3 Å². The summed E-state index contributed by atoms with van der Waals surface area (Å²) in [6.45, 7) is 4.53. The first-order valence-electron chi connectivity index (χ1n) is 6.61. The van der Waals surface area contributed by atoms with Crippen LogP contribution in [0.3, 0.4) is 0 Å². The summed E-state index contributed by atoms with van der Waals surface area (Å²) in [5, 5.41) is 0. The average Bonchev–Trinajstić information content (AvgIpc) is 3.03. The molecule has 0 saturated heterocycles. The van der Waals surface area contributed by atoms with Crippen LogP contribution in [-0.4, -0.2) is 31.2 Å². The zero-order chi connectivity index (χ0) is 14.0. The van der Waals surface area contributed by atoms with Crippen molar-refractivity contribution >= 4 is 33.0 Å². The van der Waals surface area contributed by atoms with Crippen LogP contribution in [-0.2, 0) is 16.4 Å². The highest BCUT2D eigenvalue weighted by atomic mass is 35.5. The number of thiophene rings is 1. The predicted octanol–water partition coefficient (Wildman–Crippen LogP) is 3.34. The molecule has 0 aromatic carbocycles. The largest absolute Gasteiger partial charge is 0.252 e. The second kappa shape index (κ2) is 6.12. The summed E-state index contributed by atoms with van der Waals surface area (Å²) in [6, 6.07) is 3.59. The Morgan fingerprint density at radius 1 is 1.42 bits per heavy atom. The normalized spacial score (nSPS) is 16.5. The van der Waals surface area contributed by atoms with E-state index in [1.807, 2.05) is 19.9 Å². The molecule has 0 bridgehead atoms. The summed E-state index contributed by atoms with van der Waals surface area (Å²) < 4.78 is 27.4. The van der Waals surface area contributed by atoms with Crippen molar-refractivity contribution in [2.24, 2.45) is 5.92 Å².